The summed E-state index contributed by atoms with van der Waals surface area (Å²) in [5.74, 6) is 1.23. The highest BCUT2D eigenvalue weighted by molar-refractivity contribution is 5.81. The summed E-state index contributed by atoms with van der Waals surface area (Å²) in [4.78, 5) is 19.1. The number of hydrogen-bond acceptors (Lipinski definition) is 4. The van der Waals surface area contributed by atoms with Crippen molar-refractivity contribution < 1.29 is 9.53 Å². The van der Waals surface area contributed by atoms with E-state index in [1.807, 2.05) is 7.05 Å². The van der Waals surface area contributed by atoms with E-state index in [0.29, 0.717) is 12.1 Å². The molecule has 3 rings (SSSR count). The number of nitrogens with one attached hydrogen (secondary N) is 3. The standard InChI is InChI=1S/C20H37N5O2/c1-21-19(22-14-20(25(2)3)9-11-27-12-10-20)24-17-6-4-5-15(13-17)18(26)23-16-7-8-16/h15-17H,4-14H2,1-3H3,(H,23,26)(H2,21,22,24). The SMILES string of the molecule is CN=C(NCC1(N(C)C)CCOCC1)NC1CCCC(C(=O)NC2CC2)C1. The minimum absolute atomic E-state index is 0.106. The number of ether oxygens (including phenoxy) is 1. The summed E-state index contributed by atoms with van der Waals surface area (Å²) >= 11 is 0. The summed E-state index contributed by atoms with van der Waals surface area (Å²) in [5.41, 5.74) is 0.106. The Labute approximate surface area is 163 Å². The first kappa shape index (κ1) is 20.4. The molecule has 0 aromatic rings. The van der Waals surface area contributed by atoms with Crippen molar-refractivity contribution in [1.29, 1.82) is 0 Å². The molecule has 3 fully saturated rings. The third kappa shape index (κ3) is 5.57. The topological polar surface area (TPSA) is 78.0 Å². The van der Waals surface area contributed by atoms with Gasteiger partial charge in [-0.3, -0.25) is 9.79 Å². The Balaban J connectivity index is 1.49. The summed E-state index contributed by atoms with van der Waals surface area (Å²) in [6, 6.07) is 0.756. The molecule has 1 amide bonds. The number of guanidine groups is 1. The Morgan fingerprint density at radius 3 is 2.48 bits per heavy atom. The van der Waals surface area contributed by atoms with Gasteiger partial charge in [0.25, 0.3) is 0 Å². The second kappa shape index (κ2) is 9.24. The molecule has 2 atom stereocenters. The van der Waals surface area contributed by atoms with Gasteiger partial charge in [0.2, 0.25) is 5.91 Å². The molecule has 2 aliphatic carbocycles. The van der Waals surface area contributed by atoms with Crippen LogP contribution in [0, 0.1) is 5.92 Å². The lowest BCUT2D eigenvalue weighted by Gasteiger charge is -2.43. The van der Waals surface area contributed by atoms with Gasteiger partial charge in [0.1, 0.15) is 0 Å². The van der Waals surface area contributed by atoms with Gasteiger partial charge in [0.05, 0.1) is 0 Å². The van der Waals surface area contributed by atoms with Crippen LogP contribution in [0.2, 0.25) is 0 Å². The van der Waals surface area contributed by atoms with Crippen LogP contribution >= 0.6 is 0 Å². The number of likely N-dealkylation sites (N-methyl/N-ethyl adjacent to an activating group) is 1. The molecule has 27 heavy (non-hydrogen) atoms. The minimum Gasteiger partial charge on any atom is -0.381 e. The lowest BCUT2D eigenvalue weighted by molar-refractivity contribution is -0.126. The van der Waals surface area contributed by atoms with Crippen LogP contribution in [0.5, 0.6) is 0 Å². The fraction of sp³-hybridized carbons (Fsp3) is 0.900. The summed E-state index contributed by atoms with van der Waals surface area (Å²) < 4.78 is 5.56. The average molecular weight is 380 g/mol. The third-order valence-corrected chi connectivity index (χ3v) is 6.49. The number of hydrogen-bond donors (Lipinski definition) is 3. The first-order valence-corrected chi connectivity index (χ1v) is 10.6. The van der Waals surface area contributed by atoms with Gasteiger partial charge < -0.3 is 25.6 Å². The van der Waals surface area contributed by atoms with Gasteiger partial charge in [-0.05, 0) is 59.0 Å². The normalized spacial score (nSPS) is 28.7. The summed E-state index contributed by atoms with van der Waals surface area (Å²) in [6.07, 6.45) is 8.44. The molecule has 7 nitrogen and oxygen atoms in total. The van der Waals surface area contributed by atoms with Crippen LogP contribution in [-0.4, -0.2) is 75.3 Å². The third-order valence-electron chi connectivity index (χ3n) is 6.49. The number of aliphatic imine (C=N–C) groups is 1. The molecule has 0 spiro atoms. The van der Waals surface area contributed by atoms with Gasteiger partial charge in [-0.25, -0.2) is 0 Å². The van der Waals surface area contributed by atoms with Gasteiger partial charge in [0.15, 0.2) is 5.96 Å². The van der Waals surface area contributed by atoms with Crippen molar-refractivity contribution in [2.45, 2.75) is 69.0 Å². The van der Waals surface area contributed by atoms with Crippen molar-refractivity contribution in [3.63, 3.8) is 0 Å². The van der Waals surface area contributed by atoms with E-state index in [1.54, 1.807) is 0 Å². The quantitative estimate of drug-likeness (QED) is 0.476. The molecule has 0 bridgehead atoms. The maximum absolute atomic E-state index is 12.4. The van der Waals surface area contributed by atoms with Crippen molar-refractivity contribution in [2.75, 3.05) is 40.9 Å². The van der Waals surface area contributed by atoms with Gasteiger partial charge >= 0.3 is 0 Å². The van der Waals surface area contributed by atoms with Crippen molar-refractivity contribution in [3.05, 3.63) is 0 Å². The van der Waals surface area contributed by atoms with Crippen LogP contribution in [0.15, 0.2) is 4.99 Å². The lowest BCUT2D eigenvalue weighted by atomic mass is 9.85. The van der Waals surface area contributed by atoms with E-state index in [2.05, 4.69) is 39.9 Å². The van der Waals surface area contributed by atoms with E-state index in [0.717, 1.165) is 77.1 Å². The molecule has 1 saturated heterocycles. The second-order valence-corrected chi connectivity index (χ2v) is 8.64. The molecule has 154 valence electrons. The van der Waals surface area contributed by atoms with Gasteiger partial charge in [-0.15, -0.1) is 0 Å². The fourth-order valence-electron chi connectivity index (χ4n) is 4.28. The number of nitrogens with zero attached hydrogens (tertiary/aromatic N) is 2. The van der Waals surface area contributed by atoms with Crippen molar-refractivity contribution in [2.24, 2.45) is 10.9 Å². The average Bonchev–Trinajstić information content (AvgIpc) is 3.50. The Hall–Kier alpha value is -1.34. The highest BCUT2D eigenvalue weighted by Gasteiger charge is 2.35. The molecule has 1 aliphatic heterocycles. The monoisotopic (exact) mass is 379 g/mol. The highest BCUT2D eigenvalue weighted by Crippen LogP contribution is 2.27. The molecule has 0 aromatic heterocycles. The Morgan fingerprint density at radius 2 is 1.85 bits per heavy atom. The zero-order valence-corrected chi connectivity index (χ0v) is 17.2. The molecular weight excluding hydrogens is 342 g/mol. The summed E-state index contributed by atoms with van der Waals surface area (Å²) in [7, 11) is 6.11. The van der Waals surface area contributed by atoms with E-state index in [9.17, 15) is 4.79 Å². The van der Waals surface area contributed by atoms with Crippen LogP contribution in [-0.2, 0) is 9.53 Å². The molecule has 1 heterocycles. The van der Waals surface area contributed by atoms with E-state index >= 15 is 0 Å². The van der Waals surface area contributed by atoms with Gasteiger partial charge in [-0.2, -0.15) is 0 Å². The maximum Gasteiger partial charge on any atom is 0.223 e. The second-order valence-electron chi connectivity index (χ2n) is 8.64. The molecule has 0 radical (unpaired) electrons. The molecular formula is C20H37N5O2. The predicted molar refractivity (Wildman–Crippen MR) is 108 cm³/mol. The molecule has 7 heteroatoms. The minimum atomic E-state index is 0.106. The molecule has 2 saturated carbocycles. The predicted octanol–water partition coefficient (Wildman–Crippen LogP) is 1.10. The fourth-order valence-corrected chi connectivity index (χ4v) is 4.28. The summed E-state index contributed by atoms with van der Waals surface area (Å²) in [5, 5.41) is 10.3. The number of rotatable bonds is 6. The zero-order chi connectivity index (χ0) is 19.3. The highest BCUT2D eigenvalue weighted by atomic mass is 16.5. The van der Waals surface area contributed by atoms with Crippen LogP contribution in [0.1, 0.15) is 51.4 Å². The molecule has 3 N–H and O–H groups in total. The van der Waals surface area contributed by atoms with Crippen molar-refractivity contribution in [3.8, 4) is 0 Å². The van der Waals surface area contributed by atoms with Crippen LogP contribution in [0.4, 0.5) is 0 Å². The van der Waals surface area contributed by atoms with Crippen LogP contribution in [0.3, 0.4) is 0 Å². The maximum atomic E-state index is 12.4. The number of amides is 1. The zero-order valence-electron chi connectivity index (χ0n) is 17.2. The summed E-state index contributed by atoms with van der Waals surface area (Å²) in [6.45, 7) is 2.47. The first-order valence-electron chi connectivity index (χ1n) is 10.6. The first-order chi connectivity index (χ1) is 13.0. The lowest BCUT2D eigenvalue weighted by Crippen LogP contribution is -2.58. The Bertz CT molecular complexity index is 526. The van der Waals surface area contributed by atoms with Crippen molar-refractivity contribution >= 4 is 11.9 Å². The molecule has 2 unspecified atom stereocenters. The number of carbonyl (C=O) groups excluding carboxylic acids is 1. The Morgan fingerprint density at radius 1 is 1.11 bits per heavy atom. The van der Waals surface area contributed by atoms with Crippen LogP contribution < -0.4 is 16.0 Å². The number of carbonyl (C=O) groups is 1. The van der Waals surface area contributed by atoms with E-state index in [4.69, 9.17) is 4.74 Å². The van der Waals surface area contributed by atoms with E-state index < -0.39 is 0 Å². The molecule has 3 aliphatic rings. The van der Waals surface area contributed by atoms with Crippen LogP contribution in [0.25, 0.3) is 0 Å². The molecule has 0 aromatic carbocycles. The smallest absolute Gasteiger partial charge is 0.223 e. The van der Waals surface area contributed by atoms with Gasteiger partial charge in [0, 0.05) is 50.3 Å². The van der Waals surface area contributed by atoms with Crippen molar-refractivity contribution in [1.82, 2.24) is 20.9 Å². The van der Waals surface area contributed by atoms with E-state index in [-0.39, 0.29) is 17.4 Å². The van der Waals surface area contributed by atoms with Gasteiger partial charge in [-0.1, -0.05) is 6.42 Å². The van der Waals surface area contributed by atoms with E-state index in [1.165, 1.54) is 0 Å². The largest absolute Gasteiger partial charge is 0.381 e. The Kier molecular flexibility index (Phi) is 6.98.